The van der Waals surface area contributed by atoms with Crippen LogP contribution in [0.5, 0.6) is 0 Å². The van der Waals surface area contributed by atoms with E-state index in [9.17, 15) is 0 Å². The average molecular weight is 256 g/mol. The summed E-state index contributed by atoms with van der Waals surface area (Å²) in [6.45, 7) is 3.94. The second-order valence-corrected chi connectivity index (χ2v) is 4.30. The fourth-order valence-corrected chi connectivity index (χ4v) is 1.85. The minimum absolute atomic E-state index is 0.322. The van der Waals surface area contributed by atoms with Crippen molar-refractivity contribution in [2.75, 3.05) is 5.73 Å². The fraction of sp³-hybridized carbons (Fsp3) is 0.167. The molecule has 0 atom stereocenters. The fourth-order valence-electron chi connectivity index (χ4n) is 1.85. The summed E-state index contributed by atoms with van der Waals surface area (Å²) in [6.07, 6.45) is 3.31. The molecule has 0 aliphatic rings. The number of aryl methyl sites for hydroxylation is 2. The SMILES string of the molecule is Cc1cnc(-c2noc(-c3cn[nH]c3N)n2)c(C)c1. The quantitative estimate of drug-likeness (QED) is 0.723. The number of nitrogens with zero attached hydrogens (tertiary/aromatic N) is 4. The highest BCUT2D eigenvalue weighted by Gasteiger charge is 2.16. The number of nitrogens with one attached hydrogen (secondary N) is 1. The van der Waals surface area contributed by atoms with Crippen molar-refractivity contribution >= 4 is 5.82 Å². The third kappa shape index (κ3) is 1.95. The van der Waals surface area contributed by atoms with Gasteiger partial charge in [-0.3, -0.25) is 10.1 Å². The molecule has 0 amide bonds. The number of aromatic nitrogens is 5. The van der Waals surface area contributed by atoms with Crippen molar-refractivity contribution in [3.63, 3.8) is 0 Å². The number of nitrogen functional groups attached to an aromatic ring is 1. The Labute approximate surface area is 108 Å². The van der Waals surface area contributed by atoms with Gasteiger partial charge in [0.25, 0.3) is 5.89 Å². The molecule has 19 heavy (non-hydrogen) atoms. The molecule has 96 valence electrons. The van der Waals surface area contributed by atoms with Crippen molar-refractivity contribution < 1.29 is 4.52 Å². The Kier molecular flexibility index (Phi) is 2.52. The van der Waals surface area contributed by atoms with Gasteiger partial charge in [-0.2, -0.15) is 10.1 Å². The minimum Gasteiger partial charge on any atom is -0.383 e. The Balaban J connectivity index is 2.04. The van der Waals surface area contributed by atoms with Crippen LogP contribution in [0.15, 0.2) is 23.0 Å². The van der Waals surface area contributed by atoms with Crippen molar-refractivity contribution in [3.05, 3.63) is 29.6 Å². The van der Waals surface area contributed by atoms with Crippen molar-refractivity contribution in [2.24, 2.45) is 0 Å². The summed E-state index contributed by atoms with van der Waals surface area (Å²) >= 11 is 0. The normalized spacial score (nSPS) is 10.8. The monoisotopic (exact) mass is 256 g/mol. The summed E-state index contributed by atoms with van der Waals surface area (Å²) < 4.78 is 5.19. The maximum Gasteiger partial charge on any atom is 0.263 e. The van der Waals surface area contributed by atoms with Gasteiger partial charge in [-0.05, 0) is 25.0 Å². The number of hydrogen-bond acceptors (Lipinski definition) is 6. The first kappa shape index (κ1) is 11.4. The third-order valence-corrected chi connectivity index (χ3v) is 2.75. The van der Waals surface area contributed by atoms with E-state index in [1.165, 1.54) is 0 Å². The molecule has 0 aliphatic carbocycles. The van der Waals surface area contributed by atoms with Gasteiger partial charge >= 0.3 is 0 Å². The van der Waals surface area contributed by atoms with E-state index in [4.69, 9.17) is 10.3 Å². The van der Waals surface area contributed by atoms with Crippen LogP contribution < -0.4 is 5.73 Å². The number of rotatable bonds is 2. The smallest absolute Gasteiger partial charge is 0.263 e. The van der Waals surface area contributed by atoms with Crippen LogP contribution in [0.25, 0.3) is 23.0 Å². The van der Waals surface area contributed by atoms with E-state index in [2.05, 4.69) is 25.3 Å². The summed E-state index contributed by atoms with van der Waals surface area (Å²) in [6, 6.07) is 2.02. The first-order valence-corrected chi connectivity index (χ1v) is 5.71. The van der Waals surface area contributed by atoms with Crippen LogP contribution in [0.3, 0.4) is 0 Å². The largest absolute Gasteiger partial charge is 0.383 e. The van der Waals surface area contributed by atoms with Gasteiger partial charge in [-0.25, -0.2) is 0 Å². The molecule has 3 N–H and O–H groups in total. The van der Waals surface area contributed by atoms with Gasteiger partial charge in [0.2, 0.25) is 5.82 Å². The molecule has 0 aliphatic heterocycles. The summed E-state index contributed by atoms with van der Waals surface area (Å²) in [5, 5.41) is 10.4. The van der Waals surface area contributed by atoms with E-state index in [-0.39, 0.29) is 0 Å². The van der Waals surface area contributed by atoms with E-state index < -0.39 is 0 Å². The molecule has 3 aromatic heterocycles. The van der Waals surface area contributed by atoms with Crippen molar-refractivity contribution in [1.29, 1.82) is 0 Å². The first-order chi connectivity index (χ1) is 9.15. The molecule has 3 rings (SSSR count). The maximum absolute atomic E-state index is 5.71. The van der Waals surface area contributed by atoms with Crippen LogP contribution >= 0.6 is 0 Å². The lowest BCUT2D eigenvalue weighted by Crippen LogP contribution is -1.91. The maximum atomic E-state index is 5.71. The van der Waals surface area contributed by atoms with Crippen molar-refractivity contribution in [3.8, 4) is 23.0 Å². The number of aromatic amines is 1. The summed E-state index contributed by atoms with van der Waals surface area (Å²) in [5.74, 6) is 1.15. The topological polar surface area (TPSA) is 107 Å². The van der Waals surface area contributed by atoms with E-state index in [0.29, 0.717) is 28.8 Å². The van der Waals surface area contributed by atoms with Crippen LogP contribution in [0.2, 0.25) is 0 Å². The van der Waals surface area contributed by atoms with E-state index in [1.54, 1.807) is 12.4 Å². The summed E-state index contributed by atoms with van der Waals surface area (Å²) in [4.78, 5) is 8.62. The molecule has 3 heterocycles. The highest BCUT2D eigenvalue weighted by atomic mass is 16.5. The number of hydrogen-bond donors (Lipinski definition) is 2. The average Bonchev–Trinajstić information content (AvgIpc) is 2.97. The lowest BCUT2D eigenvalue weighted by molar-refractivity contribution is 0.432. The lowest BCUT2D eigenvalue weighted by Gasteiger charge is -2.00. The standard InChI is InChI=1S/C12H12N6O/c1-6-3-7(2)9(14-4-6)11-16-12(19-18-11)8-5-15-17-10(8)13/h3-5H,1-2H3,(H3,13,15,17). The number of nitrogens with two attached hydrogens (primary N) is 1. The molecule has 0 unspecified atom stereocenters. The molecule has 0 bridgehead atoms. The van der Waals surface area contributed by atoms with Crippen LogP contribution in [-0.2, 0) is 0 Å². The predicted molar refractivity (Wildman–Crippen MR) is 69.0 cm³/mol. The van der Waals surface area contributed by atoms with Gasteiger partial charge in [0, 0.05) is 6.20 Å². The predicted octanol–water partition coefficient (Wildman–Crippen LogP) is 1.72. The summed E-state index contributed by atoms with van der Waals surface area (Å²) in [7, 11) is 0. The molecule has 0 fully saturated rings. The Morgan fingerprint density at radius 2 is 2.11 bits per heavy atom. The van der Waals surface area contributed by atoms with Gasteiger partial charge in [-0.15, -0.1) is 0 Å². The van der Waals surface area contributed by atoms with Gasteiger partial charge in [0.1, 0.15) is 17.1 Å². The van der Waals surface area contributed by atoms with Gasteiger partial charge in [0.15, 0.2) is 0 Å². The highest BCUT2D eigenvalue weighted by Crippen LogP contribution is 2.25. The zero-order chi connectivity index (χ0) is 13.4. The molecular formula is C12H12N6O. The first-order valence-electron chi connectivity index (χ1n) is 5.71. The molecule has 0 aromatic carbocycles. The second kappa shape index (κ2) is 4.20. The van der Waals surface area contributed by atoms with Gasteiger partial charge < -0.3 is 10.3 Å². The Hall–Kier alpha value is -2.70. The lowest BCUT2D eigenvalue weighted by atomic mass is 10.1. The highest BCUT2D eigenvalue weighted by molar-refractivity contribution is 5.67. The number of pyridine rings is 1. The van der Waals surface area contributed by atoms with Gasteiger partial charge in [-0.1, -0.05) is 11.2 Å². The molecule has 0 saturated heterocycles. The zero-order valence-electron chi connectivity index (χ0n) is 10.5. The minimum atomic E-state index is 0.322. The molecular weight excluding hydrogens is 244 g/mol. The number of anilines is 1. The molecule has 0 saturated carbocycles. The van der Waals surface area contributed by atoms with E-state index in [1.807, 2.05) is 19.9 Å². The Morgan fingerprint density at radius 3 is 2.79 bits per heavy atom. The molecule has 7 heteroatoms. The van der Waals surface area contributed by atoms with Gasteiger partial charge in [0.05, 0.1) is 6.20 Å². The number of H-pyrrole nitrogens is 1. The summed E-state index contributed by atoms with van der Waals surface area (Å²) in [5.41, 5.74) is 9.07. The van der Waals surface area contributed by atoms with E-state index >= 15 is 0 Å². The van der Waals surface area contributed by atoms with Crippen LogP contribution in [0.1, 0.15) is 11.1 Å². The van der Waals surface area contributed by atoms with Crippen LogP contribution in [0, 0.1) is 13.8 Å². The Morgan fingerprint density at radius 1 is 1.26 bits per heavy atom. The van der Waals surface area contributed by atoms with Crippen LogP contribution in [-0.4, -0.2) is 25.3 Å². The second-order valence-electron chi connectivity index (χ2n) is 4.30. The molecule has 3 aromatic rings. The third-order valence-electron chi connectivity index (χ3n) is 2.75. The van der Waals surface area contributed by atoms with Crippen molar-refractivity contribution in [2.45, 2.75) is 13.8 Å². The zero-order valence-corrected chi connectivity index (χ0v) is 10.5. The van der Waals surface area contributed by atoms with Crippen LogP contribution in [0.4, 0.5) is 5.82 Å². The van der Waals surface area contributed by atoms with E-state index in [0.717, 1.165) is 11.1 Å². The molecule has 7 nitrogen and oxygen atoms in total. The molecule has 0 spiro atoms. The van der Waals surface area contributed by atoms with Crippen molar-refractivity contribution in [1.82, 2.24) is 25.3 Å². The molecule has 0 radical (unpaired) electrons. The Bertz CT molecular complexity index is 729.